The van der Waals surface area contributed by atoms with Gasteiger partial charge >= 0.3 is 0 Å². The molecule has 1 N–H and O–H groups in total. The zero-order valence-corrected chi connectivity index (χ0v) is 21.7. The minimum absolute atomic E-state index is 0.110. The third-order valence-corrected chi connectivity index (χ3v) is 6.24. The van der Waals surface area contributed by atoms with Gasteiger partial charge in [0.15, 0.2) is 18.2 Å². The Bertz CT molecular complexity index is 1460. The number of ether oxygens (including phenoxy) is 2. The molecule has 1 aliphatic rings. The summed E-state index contributed by atoms with van der Waals surface area (Å²) in [6.45, 7) is 4.76. The molecule has 12 nitrogen and oxygen atoms in total. The van der Waals surface area contributed by atoms with E-state index in [0.717, 1.165) is 49.5 Å². The van der Waals surface area contributed by atoms with E-state index < -0.39 is 0 Å². The van der Waals surface area contributed by atoms with Gasteiger partial charge in [-0.05, 0) is 17.7 Å². The summed E-state index contributed by atoms with van der Waals surface area (Å²) in [5, 5.41) is 11.5. The van der Waals surface area contributed by atoms with Crippen LogP contribution >= 0.6 is 0 Å². The van der Waals surface area contributed by atoms with Gasteiger partial charge in [0.05, 0.1) is 44.0 Å². The minimum atomic E-state index is -0.198. The molecule has 4 heterocycles. The van der Waals surface area contributed by atoms with Crippen molar-refractivity contribution in [1.29, 1.82) is 0 Å². The van der Waals surface area contributed by atoms with Crippen LogP contribution in [0, 0.1) is 0 Å². The summed E-state index contributed by atoms with van der Waals surface area (Å²) in [6, 6.07) is 10.8. The molecule has 1 aliphatic heterocycles. The smallest absolute Gasteiger partial charge is 0.267 e. The molecule has 0 saturated carbocycles. The standard InChI is InChI=1S/C27H30N8O4/c1-33-18-22(14-31-33)24-5-6-26(37)35(32-24)17-20-3-2-4-21(13-20)27-29-15-23(16-30-27)39-19-25(36)28-7-8-34-9-11-38-12-10-34/h2-6,13-16,18H,7-12,17,19H2,1H3,(H,28,36). The van der Waals surface area contributed by atoms with Crippen LogP contribution in [0.2, 0.25) is 0 Å². The highest BCUT2D eigenvalue weighted by Gasteiger charge is 2.11. The zero-order chi connectivity index (χ0) is 27.0. The molecule has 1 amide bonds. The molecule has 1 aromatic carbocycles. The largest absolute Gasteiger partial charge is 0.481 e. The van der Waals surface area contributed by atoms with Gasteiger partial charge in [0.25, 0.3) is 11.5 Å². The molecule has 0 radical (unpaired) electrons. The van der Waals surface area contributed by atoms with Gasteiger partial charge in [0.2, 0.25) is 0 Å². The van der Waals surface area contributed by atoms with Gasteiger partial charge in [-0.1, -0.05) is 18.2 Å². The highest BCUT2D eigenvalue weighted by Crippen LogP contribution is 2.19. The van der Waals surface area contributed by atoms with Gasteiger partial charge in [0, 0.05) is 56.6 Å². The second-order valence-corrected chi connectivity index (χ2v) is 9.15. The van der Waals surface area contributed by atoms with Crippen LogP contribution in [0.1, 0.15) is 5.56 Å². The molecule has 39 heavy (non-hydrogen) atoms. The predicted octanol–water partition coefficient (Wildman–Crippen LogP) is 0.976. The van der Waals surface area contributed by atoms with Gasteiger partial charge in [0.1, 0.15) is 0 Å². The molecular weight excluding hydrogens is 500 g/mol. The highest BCUT2D eigenvalue weighted by molar-refractivity contribution is 5.77. The number of nitrogens with zero attached hydrogens (tertiary/aromatic N) is 7. The number of amides is 1. The van der Waals surface area contributed by atoms with Crippen molar-refractivity contribution >= 4 is 5.91 Å². The summed E-state index contributed by atoms with van der Waals surface area (Å²) in [6.07, 6.45) is 6.64. The molecular formula is C27H30N8O4. The number of benzene rings is 1. The van der Waals surface area contributed by atoms with E-state index in [4.69, 9.17) is 9.47 Å². The Balaban J connectivity index is 1.16. The maximum absolute atomic E-state index is 12.5. The van der Waals surface area contributed by atoms with Crippen molar-refractivity contribution in [3.8, 4) is 28.4 Å². The van der Waals surface area contributed by atoms with E-state index in [-0.39, 0.29) is 18.1 Å². The van der Waals surface area contributed by atoms with Crippen molar-refractivity contribution in [2.75, 3.05) is 46.0 Å². The first-order chi connectivity index (χ1) is 19.0. The Kier molecular flexibility index (Phi) is 8.34. The molecule has 0 atom stereocenters. The van der Waals surface area contributed by atoms with Crippen LogP contribution in [0.4, 0.5) is 0 Å². The number of hydrogen-bond acceptors (Lipinski definition) is 9. The van der Waals surface area contributed by atoms with Crippen molar-refractivity contribution in [1.82, 2.24) is 39.7 Å². The van der Waals surface area contributed by atoms with Gasteiger partial charge in [-0.15, -0.1) is 0 Å². The number of nitrogens with one attached hydrogen (secondary N) is 1. The number of carbonyl (C=O) groups is 1. The SMILES string of the molecule is Cn1cc(-c2ccc(=O)n(Cc3cccc(-c4ncc(OCC(=O)NCCN5CCOCC5)cn4)c3)n2)cn1. The fourth-order valence-electron chi connectivity index (χ4n) is 4.17. The van der Waals surface area contributed by atoms with E-state index >= 15 is 0 Å². The lowest BCUT2D eigenvalue weighted by Crippen LogP contribution is -2.42. The molecule has 4 aromatic rings. The van der Waals surface area contributed by atoms with Crippen LogP contribution in [-0.4, -0.2) is 86.3 Å². The summed E-state index contributed by atoms with van der Waals surface area (Å²) in [5.74, 6) is 0.710. The number of morpholine rings is 1. The van der Waals surface area contributed by atoms with Crippen LogP contribution in [0.15, 0.2) is 66.0 Å². The van der Waals surface area contributed by atoms with E-state index in [9.17, 15) is 9.59 Å². The van der Waals surface area contributed by atoms with Crippen molar-refractivity contribution < 1.29 is 14.3 Å². The molecule has 0 unspecified atom stereocenters. The molecule has 0 bridgehead atoms. The summed E-state index contributed by atoms with van der Waals surface area (Å²) >= 11 is 0. The molecule has 1 saturated heterocycles. The van der Waals surface area contributed by atoms with Crippen molar-refractivity contribution in [3.63, 3.8) is 0 Å². The van der Waals surface area contributed by atoms with E-state index in [2.05, 4.69) is 30.4 Å². The molecule has 12 heteroatoms. The van der Waals surface area contributed by atoms with Crippen LogP contribution in [0.5, 0.6) is 5.75 Å². The molecule has 5 rings (SSSR count). The summed E-state index contributed by atoms with van der Waals surface area (Å²) in [4.78, 5) is 35.6. The Hall–Kier alpha value is -4.42. The first kappa shape index (κ1) is 26.2. The van der Waals surface area contributed by atoms with E-state index in [1.165, 1.54) is 10.7 Å². The molecule has 1 fully saturated rings. The van der Waals surface area contributed by atoms with Gasteiger partial charge in [-0.2, -0.15) is 10.2 Å². The molecule has 3 aromatic heterocycles. The quantitative estimate of drug-likeness (QED) is 0.319. The summed E-state index contributed by atoms with van der Waals surface area (Å²) in [7, 11) is 1.83. The van der Waals surface area contributed by atoms with Gasteiger partial charge in [-0.3, -0.25) is 19.2 Å². The van der Waals surface area contributed by atoms with Crippen molar-refractivity contribution in [2.45, 2.75) is 6.54 Å². The number of hydrogen-bond donors (Lipinski definition) is 1. The highest BCUT2D eigenvalue weighted by atomic mass is 16.5. The molecule has 202 valence electrons. The number of aromatic nitrogens is 6. The van der Waals surface area contributed by atoms with Gasteiger partial charge < -0.3 is 14.8 Å². The number of aryl methyl sites for hydroxylation is 1. The first-order valence-electron chi connectivity index (χ1n) is 12.7. The van der Waals surface area contributed by atoms with E-state index in [1.54, 1.807) is 29.3 Å². The fraction of sp³-hybridized carbons (Fsp3) is 0.333. The molecule has 0 spiro atoms. The predicted molar refractivity (Wildman–Crippen MR) is 143 cm³/mol. The average molecular weight is 531 g/mol. The normalized spacial score (nSPS) is 13.8. The lowest BCUT2D eigenvalue weighted by atomic mass is 10.1. The summed E-state index contributed by atoms with van der Waals surface area (Å²) in [5.41, 5.74) is 2.97. The van der Waals surface area contributed by atoms with Crippen molar-refractivity contribution in [2.24, 2.45) is 7.05 Å². The fourth-order valence-corrected chi connectivity index (χ4v) is 4.17. The third-order valence-electron chi connectivity index (χ3n) is 6.24. The number of rotatable bonds is 10. The maximum atomic E-state index is 12.5. The van der Waals surface area contributed by atoms with Gasteiger partial charge in [-0.25, -0.2) is 14.6 Å². The lowest BCUT2D eigenvalue weighted by molar-refractivity contribution is -0.123. The van der Waals surface area contributed by atoms with Crippen molar-refractivity contribution in [3.05, 3.63) is 77.1 Å². The second-order valence-electron chi connectivity index (χ2n) is 9.15. The topological polar surface area (TPSA) is 129 Å². The monoisotopic (exact) mass is 530 g/mol. The zero-order valence-electron chi connectivity index (χ0n) is 21.7. The van der Waals surface area contributed by atoms with E-state index in [1.807, 2.05) is 37.5 Å². The van der Waals surface area contributed by atoms with Crippen LogP contribution < -0.4 is 15.6 Å². The Morgan fingerprint density at radius 3 is 2.67 bits per heavy atom. The van der Waals surface area contributed by atoms with Crippen LogP contribution in [0.3, 0.4) is 0 Å². The Morgan fingerprint density at radius 2 is 1.90 bits per heavy atom. The van der Waals surface area contributed by atoms with Crippen LogP contribution in [0.25, 0.3) is 22.6 Å². The molecule has 0 aliphatic carbocycles. The third kappa shape index (κ3) is 7.12. The lowest BCUT2D eigenvalue weighted by Gasteiger charge is -2.26. The summed E-state index contributed by atoms with van der Waals surface area (Å²) < 4.78 is 14.0. The minimum Gasteiger partial charge on any atom is -0.481 e. The Morgan fingerprint density at radius 1 is 1.08 bits per heavy atom. The maximum Gasteiger partial charge on any atom is 0.267 e. The average Bonchev–Trinajstić information content (AvgIpc) is 3.40. The van der Waals surface area contributed by atoms with Crippen LogP contribution in [-0.2, 0) is 23.1 Å². The van der Waals surface area contributed by atoms with E-state index in [0.29, 0.717) is 30.4 Å². The number of carbonyl (C=O) groups excluding carboxylic acids is 1. The Labute approximate surface area is 225 Å². The second kappa shape index (κ2) is 12.4. The first-order valence-corrected chi connectivity index (χ1v) is 12.7.